The lowest BCUT2D eigenvalue weighted by molar-refractivity contribution is 0.429. The maximum Gasteiger partial charge on any atom is 0.282 e. The summed E-state index contributed by atoms with van der Waals surface area (Å²) in [5, 5.41) is 8.36. The summed E-state index contributed by atoms with van der Waals surface area (Å²) in [7, 11) is 0. The van der Waals surface area contributed by atoms with Crippen LogP contribution in [-0.2, 0) is 0 Å². The van der Waals surface area contributed by atoms with Gasteiger partial charge < -0.3 is 4.52 Å². The SMILES string of the molecule is Cc1ccc(-c2noc(-c3nn(-c4ccccc4)ccc3=O)n2)cc1C. The molecule has 6 heteroatoms. The largest absolute Gasteiger partial charge is 0.332 e. The number of aryl methyl sites for hydroxylation is 2. The van der Waals surface area contributed by atoms with Gasteiger partial charge in [0.2, 0.25) is 11.3 Å². The molecule has 0 saturated heterocycles. The van der Waals surface area contributed by atoms with E-state index in [0.717, 1.165) is 16.8 Å². The van der Waals surface area contributed by atoms with Crippen LogP contribution in [0.4, 0.5) is 0 Å². The van der Waals surface area contributed by atoms with E-state index < -0.39 is 0 Å². The average molecular weight is 344 g/mol. The van der Waals surface area contributed by atoms with Gasteiger partial charge in [-0.15, -0.1) is 0 Å². The summed E-state index contributed by atoms with van der Waals surface area (Å²) < 4.78 is 6.92. The molecule has 2 heterocycles. The molecule has 2 aromatic heterocycles. The molecular formula is C20H16N4O2. The van der Waals surface area contributed by atoms with Gasteiger partial charge in [-0.25, -0.2) is 4.68 Å². The Morgan fingerprint density at radius 1 is 0.962 bits per heavy atom. The van der Waals surface area contributed by atoms with Gasteiger partial charge in [0.25, 0.3) is 5.89 Å². The highest BCUT2D eigenvalue weighted by Gasteiger charge is 2.16. The summed E-state index contributed by atoms with van der Waals surface area (Å²) >= 11 is 0. The van der Waals surface area contributed by atoms with Crippen LogP contribution in [0.2, 0.25) is 0 Å². The highest BCUT2D eigenvalue weighted by Crippen LogP contribution is 2.21. The van der Waals surface area contributed by atoms with Crippen molar-refractivity contribution >= 4 is 0 Å². The van der Waals surface area contributed by atoms with Gasteiger partial charge in [0.05, 0.1) is 5.69 Å². The van der Waals surface area contributed by atoms with Gasteiger partial charge in [-0.3, -0.25) is 4.79 Å². The van der Waals surface area contributed by atoms with Crippen LogP contribution in [0, 0.1) is 13.8 Å². The summed E-state index contributed by atoms with van der Waals surface area (Å²) in [5.74, 6) is 0.535. The summed E-state index contributed by atoms with van der Waals surface area (Å²) in [6, 6.07) is 16.9. The fourth-order valence-corrected chi connectivity index (χ4v) is 2.60. The molecule has 0 radical (unpaired) electrons. The van der Waals surface area contributed by atoms with Gasteiger partial charge in [0.15, 0.2) is 5.69 Å². The van der Waals surface area contributed by atoms with E-state index in [0.29, 0.717) is 5.82 Å². The Morgan fingerprint density at radius 3 is 2.54 bits per heavy atom. The third-order valence-electron chi connectivity index (χ3n) is 4.22. The van der Waals surface area contributed by atoms with Crippen LogP contribution in [0.25, 0.3) is 28.7 Å². The Hall–Kier alpha value is -3.54. The standard InChI is InChI=1S/C20H16N4O2/c1-13-8-9-15(12-14(13)2)19-21-20(26-23-19)18-17(25)10-11-24(22-18)16-6-4-3-5-7-16/h3-12H,1-2H3. The van der Waals surface area contributed by atoms with Gasteiger partial charge in [-0.05, 0) is 43.2 Å². The van der Waals surface area contributed by atoms with Crippen LogP contribution in [-0.4, -0.2) is 19.9 Å². The predicted molar refractivity (Wildman–Crippen MR) is 98.0 cm³/mol. The molecule has 0 fully saturated rings. The van der Waals surface area contributed by atoms with E-state index in [1.807, 2.05) is 62.4 Å². The number of hydrogen-bond donors (Lipinski definition) is 0. The Kier molecular flexibility index (Phi) is 3.93. The smallest absolute Gasteiger partial charge is 0.282 e. The molecule has 2 aromatic carbocycles. The molecule has 0 unspecified atom stereocenters. The second kappa shape index (κ2) is 6.40. The maximum atomic E-state index is 12.2. The quantitative estimate of drug-likeness (QED) is 0.568. The second-order valence-electron chi connectivity index (χ2n) is 6.03. The van der Waals surface area contributed by atoms with Crippen LogP contribution in [0.15, 0.2) is 70.1 Å². The van der Waals surface area contributed by atoms with Crippen LogP contribution < -0.4 is 5.43 Å². The molecule has 26 heavy (non-hydrogen) atoms. The Labute approximate surface area is 149 Å². The molecule has 0 atom stereocenters. The summed E-state index contributed by atoms with van der Waals surface area (Å²) in [5.41, 5.74) is 3.85. The molecule has 4 rings (SSSR count). The van der Waals surface area contributed by atoms with Crippen molar-refractivity contribution < 1.29 is 4.52 Å². The fourth-order valence-electron chi connectivity index (χ4n) is 2.60. The van der Waals surface area contributed by atoms with Gasteiger partial charge in [-0.2, -0.15) is 10.1 Å². The van der Waals surface area contributed by atoms with Crippen molar-refractivity contribution in [3.05, 3.63) is 82.1 Å². The van der Waals surface area contributed by atoms with Gasteiger partial charge >= 0.3 is 0 Å². The minimum absolute atomic E-state index is 0.105. The zero-order valence-corrected chi connectivity index (χ0v) is 14.4. The van der Waals surface area contributed by atoms with Crippen molar-refractivity contribution in [1.82, 2.24) is 19.9 Å². The van der Waals surface area contributed by atoms with Crippen molar-refractivity contribution in [1.29, 1.82) is 0 Å². The van der Waals surface area contributed by atoms with E-state index >= 15 is 0 Å². The molecule has 0 saturated carbocycles. The first-order chi connectivity index (χ1) is 12.6. The molecule has 0 aliphatic carbocycles. The predicted octanol–water partition coefficient (Wildman–Crippen LogP) is 3.57. The summed E-state index contributed by atoms with van der Waals surface area (Å²) in [6.45, 7) is 4.07. The average Bonchev–Trinajstić information content (AvgIpc) is 3.15. The van der Waals surface area contributed by atoms with Crippen molar-refractivity contribution in [3.8, 4) is 28.7 Å². The zero-order chi connectivity index (χ0) is 18.1. The van der Waals surface area contributed by atoms with Crippen molar-refractivity contribution in [2.75, 3.05) is 0 Å². The third-order valence-corrected chi connectivity index (χ3v) is 4.22. The normalized spacial score (nSPS) is 10.8. The van der Waals surface area contributed by atoms with E-state index in [4.69, 9.17) is 4.52 Å². The summed E-state index contributed by atoms with van der Waals surface area (Å²) in [4.78, 5) is 16.6. The number of hydrogen-bond acceptors (Lipinski definition) is 5. The molecule has 6 nitrogen and oxygen atoms in total. The minimum atomic E-state index is -0.271. The number of rotatable bonds is 3. The minimum Gasteiger partial charge on any atom is -0.332 e. The number of aromatic nitrogens is 4. The molecule has 0 spiro atoms. The van der Waals surface area contributed by atoms with E-state index in [-0.39, 0.29) is 17.0 Å². The molecule has 128 valence electrons. The number of benzene rings is 2. The first-order valence-corrected chi connectivity index (χ1v) is 8.19. The number of para-hydroxylation sites is 1. The van der Waals surface area contributed by atoms with Crippen molar-refractivity contribution in [2.24, 2.45) is 0 Å². The van der Waals surface area contributed by atoms with Crippen LogP contribution in [0.5, 0.6) is 0 Å². The van der Waals surface area contributed by atoms with Gasteiger partial charge in [0, 0.05) is 17.8 Å². The molecule has 4 aromatic rings. The fraction of sp³-hybridized carbons (Fsp3) is 0.100. The lowest BCUT2D eigenvalue weighted by Gasteiger charge is -2.04. The van der Waals surface area contributed by atoms with E-state index in [1.54, 1.807) is 10.9 Å². The second-order valence-corrected chi connectivity index (χ2v) is 6.03. The molecule has 0 bridgehead atoms. The Morgan fingerprint density at radius 2 is 1.77 bits per heavy atom. The lowest BCUT2D eigenvalue weighted by Crippen LogP contribution is -2.12. The van der Waals surface area contributed by atoms with Crippen LogP contribution >= 0.6 is 0 Å². The third kappa shape index (κ3) is 2.93. The van der Waals surface area contributed by atoms with Gasteiger partial charge in [-0.1, -0.05) is 35.5 Å². The Balaban J connectivity index is 1.76. The topological polar surface area (TPSA) is 73.8 Å². The van der Waals surface area contributed by atoms with Crippen LogP contribution in [0.1, 0.15) is 11.1 Å². The first-order valence-electron chi connectivity index (χ1n) is 8.19. The first kappa shape index (κ1) is 16.0. The molecule has 0 N–H and O–H groups in total. The van der Waals surface area contributed by atoms with Crippen LogP contribution in [0.3, 0.4) is 0 Å². The summed E-state index contributed by atoms with van der Waals surface area (Å²) in [6.07, 6.45) is 1.61. The van der Waals surface area contributed by atoms with Crippen molar-refractivity contribution in [3.63, 3.8) is 0 Å². The molecular weight excluding hydrogens is 328 g/mol. The molecule has 0 amide bonds. The molecule has 0 aliphatic rings. The highest BCUT2D eigenvalue weighted by atomic mass is 16.5. The zero-order valence-electron chi connectivity index (χ0n) is 14.4. The lowest BCUT2D eigenvalue weighted by atomic mass is 10.1. The molecule has 0 aliphatic heterocycles. The van der Waals surface area contributed by atoms with E-state index in [1.165, 1.54) is 11.6 Å². The Bertz CT molecular complexity index is 1130. The maximum absolute atomic E-state index is 12.2. The van der Waals surface area contributed by atoms with Gasteiger partial charge in [0.1, 0.15) is 0 Å². The van der Waals surface area contributed by atoms with E-state index in [2.05, 4.69) is 15.2 Å². The van der Waals surface area contributed by atoms with E-state index in [9.17, 15) is 4.79 Å². The monoisotopic (exact) mass is 344 g/mol. The van der Waals surface area contributed by atoms with Crippen molar-refractivity contribution in [2.45, 2.75) is 13.8 Å². The number of nitrogens with zero attached hydrogens (tertiary/aromatic N) is 4. The highest BCUT2D eigenvalue weighted by molar-refractivity contribution is 5.59.